The van der Waals surface area contributed by atoms with E-state index in [0.717, 1.165) is 11.4 Å². The Morgan fingerprint density at radius 2 is 1.63 bits per heavy atom. The molecule has 0 aromatic heterocycles. The van der Waals surface area contributed by atoms with Crippen molar-refractivity contribution >= 4 is 17.4 Å². The molecular formula is C14H15N3O2. The van der Waals surface area contributed by atoms with Gasteiger partial charge in [-0.15, -0.1) is 0 Å². The van der Waals surface area contributed by atoms with Crippen LogP contribution in [0.5, 0.6) is 5.75 Å². The van der Waals surface area contributed by atoms with Gasteiger partial charge in [0.05, 0.1) is 12.8 Å². The number of hydrogen-bond acceptors (Lipinski definition) is 3. The van der Waals surface area contributed by atoms with Crippen LogP contribution in [-0.4, -0.2) is 13.1 Å². The maximum absolute atomic E-state index is 11.6. The number of carbonyl (C=O) groups excluding carboxylic acids is 1. The van der Waals surface area contributed by atoms with E-state index in [2.05, 4.69) is 16.2 Å². The Hall–Kier alpha value is -2.69. The first kappa shape index (κ1) is 12.8. The lowest BCUT2D eigenvalue weighted by molar-refractivity contribution is 0.254. The molecule has 0 atom stereocenters. The third kappa shape index (κ3) is 3.92. The number of carbonyl (C=O) groups is 1. The molecule has 0 fully saturated rings. The third-order valence-electron chi connectivity index (χ3n) is 2.44. The molecule has 0 saturated heterocycles. The maximum Gasteiger partial charge on any atom is 0.337 e. The minimum absolute atomic E-state index is 0.339. The summed E-state index contributed by atoms with van der Waals surface area (Å²) in [7, 11) is 1.60. The smallest absolute Gasteiger partial charge is 0.337 e. The fraction of sp³-hybridized carbons (Fsp3) is 0.0714. The zero-order valence-electron chi connectivity index (χ0n) is 10.5. The number of rotatable bonds is 4. The highest BCUT2D eigenvalue weighted by Crippen LogP contribution is 2.14. The molecule has 0 saturated carbocycles. The van der Waals surface area contributed by atoms with Crippen molar-refractivity contribution in [3.05, 3.63) is 54.6 Å². The highest BCUT2D eigenvalue weighted by atomic mass is 16.5. The predicted octanol–water partition coefficient (Wildman–Crippen LogP) is 2.84. The first-order valence-electron chi connectivity index (χ1n) is 5.80. The molecule has 0 radical (unpaired) electrons. The van der Waals surface area contributed by atoms with Gasteiger partial charge in [-0.25, -0.2) is 4.79 Å². The first-order chi connectivity index (χ1) is 9.28. The van der Waals surface area contributed by atoms with Crippen molar-refractivity contribution in [2.45, 2.75) is 0 Å². The molecule has 0 spiro atoms. The van der Waals surface area contributed by atoms with Crippen molar-refractivity contribution in [3.8, 4) is 5.75 Å². The van der Waals surface area contributed by atoms with Crippen LogP contribution in [0.1, 0.15) is 0 Å². The highest BCUT2D eigenvalue weighted by molar-refractivity contribution is 5.90. The average Bonchev–Trinajstić information content (AvgIpc) is 2.47. The molecule has 5 nitrogen and oxygen atoms in total. The lowest BCUT2D eigenvalue weighted by Gasteiger charge is -2.10. The number of urea groups is 1. The molecule has 0 aliphatic rings. The van der Waals surface area contributed by atoms with Gasteiger partial charge in [0.2, 0.25) is 0 Å². The van der Waals surface area contributed by atoms with Crippen molar-refractivity contribution in [1.82, 2.24) is 5.43 Å². The van der Waals surface area contributed by atoms with Crippen molar-refractivity contribution < 1.29 is 9.53 Å². The molecule has 2 aromatic rings. The highest BCUT2D eigenvalue weighted by Gasteiger charge is 2.01. The Bertz CT molecular complexity index is 526. The van der Waals surface area contributed by atoms with E-state index in [1.165, 1.54) is 0 Å². The Morgan fingerprint density at radius 1 is 0.947 bits per heavy atom. The Labute approximate surface area is 111 Å². The van der Waals surface area contributed by atoms with E-state index in [1.807, 2.05) is 30.3 Å². The number of hydrazine groups is 1. The number of benzene rings is 2. The quantitative estimate of drug-likeness (QED) is 0.738. The van der Waals surface area contributed by atoms with E-state index >= 15 is 0 Å². The van der Waals surface area contributed by atoms with Gasteiger partial charge in [0.25, 0.3) is 0 Å². The number of anilines is 2. The molecular weight excluding hydrogens is 242 g/mol. The summed E-state index contributed by atoms with van der Waals surface area (Å²) in [5.41, 5.74) is 6.85. The van der Waals surface area contributed by atoms with Crippen molar-refractivity contribution in [3.63, 3.8) is 0 Å². The molecule has 2 aromatic carbocycles. The fourth-order valence-corrected chi connectivity index (χ4v) is 1.49. The predicted molar refractivity (Wildman–Crippen MR) is 75.2 cm³/mol. The van der Waals surface area contributed by atoms with Crippen LogP contribution in [0.2, 0.25) is 0 Å². The number of ether oxygens (including phenoxy) is 1. The van der Waals surface area contributed by atoms with Crippen LogP contribution in [0.15, 0.2) is 54.6 Å². The fourth-order valence-electron chi connectivity index (χ4n) is 1.49. The molecule has 0 aliphatic heterocycles. The lowest BCUT2D eigenvalue weighted by atomic mass is 10.3. The maximum atomic E-state index is 11.6. The number of hydrogen-bond donors (Lipinski definition) is 3. The third-order valence-corrected chi connectivity index (χ3v) is 2.44. The van der Waals surface area contributed by atoms with Crippen LogP contribution in [0, 0.1) is 0 Å². The topological polar surface area (TPSA) is 62.4 Å². The van der Waals surface area contributed by atoms with Crippen molar-refractivity contribution in [1.29, 1.82) is 0 Å². The van der Waals surface area contributed by atoms with Crippen LogP contribution in [-0.2, 0) is 0 Å². The van der Waals surface area contributed by atoms with Crippen LogP contribution in [0.25, 0.3) is 0 Å². The molecule has 0 unspecified atom stereocenters. The van der Waals surface area contributed by atoms with E-state index in [0.29, 0.717) is 5.69 Å². The molecule has 3 N–H and O–H groups in total. The van der Waals surface area contributed by atoms with Gasteiger partial charge in [-0.1, -0.05) is 18.2 Å². The van der Waals surface area contributed by atoms with Gasteiger partial charge in [-0.05, 0) is 36.4 Å². The summed E-state index contributed by atoms with van der Waals surface area (Å²) in [6.45, 7) is 0. The normalized spacial score (nSPS) is 9.53. The summed E-state index contributed by atoms with van der Waals surface area (Å²) in [4.78, 5) is 11.6. The zero-order chi connectivity index (χ0) is 13.5. The Kier molecular flexibility index (Phi) is 4.23. The number of para-hydroxylation sites is 1. The Balaban J connectivity index is 1.83. The monoisotopic (exact) mass is 257 g/mol. The summed E-state index contributed by atoms with van der Waals surface area (Å²) in [5, 5.41) is 2.70. The largest absolute Gasteiger partial charge is 0.497 e. The van der Waals surface area contributed by atoms with Gasteiger partial charge in [0.15, 0.2) is 0 Å². The summed E-state index contributed by atoms with van der Waals surface area (Å²) >= 11 is 0. The number of nitrogens with one attached hydrogen (secondary N) is 3. The molecule has 2 rings (SSSR count). The summed E-state index contributed by atoms with van der Waals surface area (Å²) < 4.78 is 5.04. The molecule has 0 heterocycles. The second kappa shape index (κ2) is 6.30. The van der Waals surface area contributed by atoms with Gasteiger partial charge in [0.1, 0.15) is 5.75 Å². The van der Waals surface area contributed by atoms with Crippen molar-refractivity contribution in [2.75, 3.05) is 17.9 Å². The minimum atomic E-state index is -0.339. The number of methoxy groups -OCH3 is 1. The van der Waals surface area contributed by atoms with Gasteiger partial charge in [-0.2, -0.15) is 0 Å². The summed E-state index contributed by atoms with van der Waals surface area (Å²) in [5.74, 6) is 0.744. The van der Waals surface area contributed by atoms with Crippen molar-refractivity contribution in [2.24, 2.45) is 0 Å². The summed E-state index contributed by atoms with van der Waals surface area (Å²) in [6.07, 6.45) is 0. The van der Waals surface area contributed by atoms with Crippen LogP contribution >= 0.6 is 0 Å². The van der Waals surface area contributed by atoms with Gasteiger partial charge in [-0.3, -0.25) is 10.9 Å². The van der Waals surface area contributed by atoms with E-state index in [-0.39, 0.29) is 6.03 Å². The second-order valence-corrected chi connectivity index (χ2v) is 3.80. The molecule has 0 bridgehead atoms. The van der Waals surface area contributed by atoms with E-state index < -0.39 is 0 Å². The standard InChI is InChI=1S/C14H15N3O2/c1-19-13-9-7-11(8-10-13)15-14(18)17-16-12-5-3-2-4-6-12/h2-10,16H,1H3,(H2,15,17,18). The number of amides is 2. The molecule has 98 valence electrons. The first-order valence-corrected chi connectivity index (χ1v) is 5.80. The zero-order valence-corrected chi connectivity index (χ0v) is 10.5. The SMILES string of the molecule is COc1ccc(NC(=O)NNc2ccccc2)cc1. The van der Waals surface area contributed by atoms with Gasteiger partial charge in [0, 0.05) is 5.69 Å². The molecule has 2 amide bonds. The minimum Gasteiger partial charge on any atom is -0.497 e. The van der Waals surface area contributed by atoms with Gasteiger partial charge >= 0.3 is 6.03 Å². The van der Waals surface area contributed by atoms with E-state index in [1.54, 1.807) is 31.4 Å². The average molecular weight is 257 g/mol. The van der Waals surface area contributed by atoms with Crippen LogP contribution in [0.3, 0.4) is 0 Å². The second-order valence-electron chi connectivity index (χ2n) is 3.80. The van der Waals surface area contributed by atoms with Crippen LogP contribution < -0.4 is 20.9 Å². The Morgan fingerprint density at radius 3 is 2.26 bits per heavy atom. The molecule has 5 heteroatoms. The van der Waals surface area contributed by atoms with Crippen LogP contribution in [0.4, 0.5) is 16.2 Å². The molecule has 19 heavy (non-hydrogen) atoms. The molecule has 0 aliphatic carbocycles. The van der Waals surface area contributed by atoms with Gasteiger partial charge < -0.3 is 10.1 Å². The summed E-state index contributed by atoms with van der Waals surface area (Å²) in [6, 6.07) is 16.1. The lowest BCUT2D eigenvalue weighted by Crippen LogP contribution is -2.33. The van der Waals surface area contributed by atoms with E-state index in [9.17, 15) is 4.79 Å². The van der Waals surface area contributed by atoms with E-state index in [4.69, 9.17) is 4.74 Å².